The quantitative estimate of drug-likeness (QED) is 0.488. The molecule has 2 N–H and O–H groups in total. The van der Waals surface area contributed by atoms with Crippen molar-refractivity contribution in [3.8, 4) is 0 Å². The molecule has 3 aromatic carbocycles. The number of carbonyl (C=O) groups excluding carboxylic acids is 1. The van der Waals surface area contributed by atoms with E-state index in [1.807, 2.05) is 30.0 Å². The Morgan fingerprint density at radius 3 is 2.07 bits per heavy atom. The molecule has 0 unspecified atom stereocenters. The zero-order valence-corrected chi connectivity index (χ0v) is 15.7. The lowest BCUT2D eigenvalue weighted by molar-refractivity contribution is 0.0933. The van der Waals surface area contributed by atoms with E-state index in [9.17, 15) is 4.79 Å². The van der Waals surface area contributed by atoms with Gasteiger partial charge >= 0.3 is 0 Å². The molecule has 0 radical (unpaired) electrons. The number of hydrazine groups is 1. The lowest BCUT2D eigenvalue weighted by Crippen LogP contribution is -2.38. The van der Waals surface area contributed by atoms with E-state index in [1.165, 1.54) is 21.2 Å². The van der Waals surface area contributed by atoms with Crippen LogP contribution < -0.4 is 15.8 Å². The predicted octanol–water partition coefficient (Wildman–Crippen LogP) is 4.61. The summed E-state index contributed by atoms with van der Waals surface area (Å²) in [6.07, 6.45) is 0.905. The van der Waals surface area contributed by atoms with Gasteiger partial charge in [-0.05, 0) is 42.8 Å². The van der Waals surface area contributed by atoms with Crippen LogP contribution in [-0.2, 0) is 0 Å². The lowest BCUT2D eigenvalue weighted by Gasteiger charge is -2.32. The summed E-state index contributed by atoms with van der Waals surface area (Å²) in [6.45, 7) is 1.58. The van der Waals surface area contributed by atoms with E-state index in [0.717, 1.165) is 13.0 Å². The first-order chi connectivity index (χ1) is 13.3. The van der Waals surface area contributed by atoms with E-state index in [2.05, 4.69) is 64.3 Å². The molecular weight excluding hydrogens is 354 g/mol. The average Bonchev–Trinajstić information content (AvgIpc) is 2.73. The Bertz CT molecular complexity index is 884. The van der Waals surface area contributed by atoms with Crippen LogP contribution in [0.5, 0.6) is 0 Å². The van der Waals surface area contributed by atoms with Crippen molar-refractivity contribution in [2.45, 2.75) is 16.2 Å². The molecule has 0 bridgehead atoms. The molecule has 1 aliphatic rings. The number of para-hydroxylation sites is 2. The third kappa shape index (κ3) is 3.99. The van der Waals surface area contributed by atoms with E-state index in [4.69, 9.17) is 0 Å². The van der Waals surface area contributed by atoms with Crippen LogP contribution in [0.25, 0.3) is 0 Å². The van der Waals surface area contributed by atoms with E-state index < -0.39 is 0 Å². The van der Waals surface area contributed by atoms with Gasteiger partial charge in [0.2, 0.25) is 0 Å². The van der Waals surface area contributed by atoms with Crippen LogP contribution in [0.15, 0.2) is 88.7 Å². The maximum absolute atomic E-state index is 12.0. The smallest absolute Gasteiger partial charge is 0.265 e. The normalized spacial score (nSPS) is 12.2. The van der Waals surface area contributed by atoms with Crippen molar-refractivity contribution in [1.29, 1.82) is 0 Å². The second kappa shape index (κ2) is 8.29. The molecule has 0 fully saturated rings. The van der Waals surface area contributed by atoms with Crippen LogP contribution in [0.3, 0.4) is 0 Å². The molecule has 0 atom stereocenters. The average molecular weight is 375 g/mol. The number of hydrogen-bond donors (Lipinski definition) is 2. The highest BCUT2D eigenvalue weighted by Crippen LogP contribution is 2.47. The van der Waals surface area contributed by atoms with Crippen molar-refractivity contribution >= 4 is 29.0 Å². The maximum Gasteiger partial charge on any atom is 0.265 e. The van der Waals surface area contributed by atoms with Gasteiger partial charge in [0.05, 0.1) is 11.4 Å². The number of amides is 1. The topological polar surface area (TPSA) is 44.4 Å². The Morgan fingerprint density at radius 1 is 0.815 bits per heavy atom. The Kier molecular flexibility index (Phi) is 5.42. The Balaban J connectivity index is 1.35. The third-order valence-corrected chi connectivity index (χ3v) is 5.58. The number of benzene rings is 3. The molecule has 0 saturated heterocycles. The summed E-state index contributed by atoms with van der Waals surface area (Å²) in [6, 6.07) is 26.2. The summed E-state index contributed by atoms with van der Waals surface area (Å²) in [5.74, 6) is -0.110. The second-order valence-electron chi connectivity index (χ2n) is 6.29. The Morgan fingerprint density at radius 2 is 1.41 bits per heavy atom. The SMILES string of the molecule is O=C(NNCCCN1c2ccccc2Sc2ccccc21)c1ccccc1. The van der Waals surface area contributed by atoms with Crippen LogP contribution in [-0.4, -0.2) is 19.0 Å². The number of anilines is 2. The molecule has 5 heteroatoms. The van der Waals surface area contributed by atoms with Gasteiger partial charge in [0.1, 0.15) is 0 Å². The summed E-state index contributed by atoms with van der Waals surface area (Å²) in [7, 11) is 0. The highest BCUT2D eigenvalue weighted by atomic mass is 32.2. The van der Waals surface area contributed by atoms with Crippen LogP contribution in [0, 0.1) is 0 Å². The van der Waals surface area contributed by atoms with Crippen molar-refractivity contribution in [2.75, 3.05) is 18.0 Å². The van der Waals surface area contributed by atoms with Crippen molar-refractivity contribution in [2.24, 2.45) is 0 Å². The number of fused-ring (bicyclic) bond motifs is 2. The molecule has 1 aliphatic heterocycles. The van der Waals surface area contributed by atoms with E-state index in [0.29, 0.717) is 12.1 Å². The zero-order valence-electron chi connectivity index (χ0n) is 14.9. The maximum atomic E-state index is 12.0. The van der Waals surface area contributed by atoms with Gasteiger partial charge in [-0.2, -0.15) is 0 Å². The highest BCUT2D eigenvalue weighted by molar-refractivity contribution is 7.99. The first-order valence-corrected chi connectivity index (χ1v) is 9.86. The van der Waals surface area contributed by atoms with Crippen LogP contribution in [0.4, 0.5) is 11.4 Å². The molecule has 0 spiro atoms. The van der Waals surface area contributed by atoms with Crippen molar-refractivity contribution in [3.05, 3.63) is 84.4 Å². The molecule has 136 valence electrons. The highest BCUT2D eigenvalue weighted by Gasteiger charge is 2.22. The van der Waals surface area contributed by atoms with Gasteiger partial charge in [0, 0.05) is 28.4 Å². The fourth-order valence-corrected chi connectivity index (χ4v) is 4.25. The Hall–Kier alpha value is -2.76. The van der Waals surface area contributed by atoms with Crippen molar-refractivity contribution in [1.82, 2.24) is 10.9 Å². The summed E-state index contributed by atoms with van der Waals surface area (Å²) in [5, 5.41) is 0. The van der Waals surface area contributed by atoms with Crippen molar-refractivity contribution in [3.63, 3.8) is 0 Å². The number of nitrogens with one attached hydrogen (secondary N) is 2. The summed E-state index contributed by atoms with van der Waals surface area (Å²) >= 11 is 1.82. The molecule has 0 saturated carbocycles. The molecule has 0 aliphatic carbocycles. The minimum absolute atomic E-state index is 0.110. The fourth-order valence-electron chi connectivity index (χ4n) is 3.15. The molecule has 4 rings (SSSR count). The zero-order chi connectivity index (χ0) is 18.5. The largest absolute Gasteiger partial charge is 0.340 e. The van der Waals surface area contributed by atoms with Crippen LogP contribution in [0.2, 0.25) is 0 Å². The van der Waals surface area contributed by atoms with Crippen LogP contribution in [0.1, 0.15) is 16.8 Å². The van der Waals surface area contributed by atoms with E-state index >= 15 is 0 Å². The monoisotopic (exact) mass is 375 g/mol. The molecule has 1 heterocycles. The van der Waals surface area contributed by atoms with E-state index in [1.54, 1.807) is 12.1 Å². The number of rotatable bonds is 6. The molecule has 1 amide bonds. The second-order valence-corrected chi connectivity index (χ2v) is 7.37. The number of carbonyl (C=O) groups is 1. The van der Waals surface area contributed by atoms with Gasteiger partial charge in [0.25, 0.3) is 5.91 Å². The number of hydrogen-bond acceptors (Lipinski definition) is 4. The number of nitrogens with zero attached hydrogens (tertiary/aromatic N) is 1. The summed E-state index contributed by atoms with van der Waals surface area (Å²) < 4.78 is 0. The fraction of sp³-hybridized carbons (Fsp3) is 0.136. The predicted molar refractivity (Wildman–Crippen MR) is 111 cm³/mol. The lowest BCUT2D eigenvalue weighted by atomic mass is 10.2. The first kappa shape index (κ1) is 17.6. The Labute approximate surface area is 163 Å². The van der Waals surface area contributed by atoms with Gasteiger partial charge in [0.15, 0.2) is 0 Å². The van der Waals surface area contributed by atoms with Gasteiger partial charge < -0.3 is 4.90 Å². The molecule has 27 heavy (non-hydrogen) atoms. The van der Waals surface area contributed by atoms with Crippen LogP contribution >= 0.6 is 11.8 Å². The van der Waals surface area contributed by atoms with Gasteiger partial charge in [-0.3, -0.25) is 10.2 Å². The molecule has 3 aromatic rings. The first-order valence-electron chi connectivity index (χ1n) is 9.04. The van der Waals surface area contributed by atoms with Gasteiger partial charge in [-0.25, -0.2) is 5.43 Å². The third-order valence-electron chi connectivity index (χ3n) is 4.45. The standard InChI is InChI=1S/C22H21N3OS/c26-22(17-9-2-1-3-10-17)24-23-15-8-16-25-18-11-4-6-13-20(18)27-21-14-7-5-12-19(21)25/h1-7,9-14,23H,8,15-16H2,(H,24,26). The minimum atomic E-state index is -0.110. The van der Waals surface area contributed by atoms with E-state index in [-0.39, 0.29) is 5.91 Å². The van der Waals surface area contributed by atoms with Gasteiger partial charge in [-0.1, -0.05) is 54.2 Å². The summed E-state index contributed by atoms with van der Waals surface area (Å²) in [5.41, 5.74) is 8.95. The van der Waals surface area contributed by atoms with Crippen molar-refractivity contribution < 1.29 is 4.79 Å². The molecular formula is C22H21N3OS. The molecule has 4 nitrogen and oxygen atoms in total. The molecule has 0 aromatic heterocycles. The summed E-state index contributed by atoms with van der Waals surface area (Å²) in [4.78, 5) is 17.0. The van der Waals surface area contributed by atoms with Gasteiger partial charge in [-0.15, -0.1) is 0 Å². The minimum Gasteiger partial charge on any atom is -0.340 e.